The maximum absolute atomic E-state index is 5.74. The summed E-state index contributed by atoms with van der Waals surface area (Å²) in [7, 11) is 0. The lowest BCUT2D eigenvalue weighted by molar-refractivity contribution is -0.0422. The van der Waals surface area contributed by atoms with Crippen molar-refractivity contribution in [1.29, 1.82) is 0 Å². The van der Waals surface area contributed by atoms with Crippen molar-refractivity contribution >= 4 is 11.3 Å². The Bertz CT molecular complexity index is 326. The Kier molecular flexibility index (Phi) is 4.00. The third-order valence-corrected chi connectivity index (χ3v) is 4.15. The van der Waals surface area contributed by atoms with Gasteiger partial charge in [-0.2, -0.15) is 11.3 Å². The summed E-state index contributed by atoms with van der Waals surface area (Å²) in [4.78, 5) is 0. The molecular formula is C13H21NOS. The second-order valence-electron chi connectivity index (χ2n) is 4.89. The molecule has 0 spiro atoms. The number of nitrogens with one attached hydrogen (secondary N) is 1. The zero-order valence-electron chi connectivity index (χ0n) is 10.3. The van der Waals surface area contributed by atoms with E-state index in [-0.39, 0.29) is 0 Å². The van der Waals surface area contributed by atoms with E-state index in [9.17, 15) is 0 Å². The number of ether oxygens (including phenoxy) is 1. The summed E-state index contributed by atoms with van der Waals surface area (Å²) in [5, 5.41) is 8.11. The van der Waals surface area contributed by atoms with E-state index in [1.165, 1.54) is 11.1 Å². The van der Waals surface area contributed by atoms with E-state index < -0.39 is 0 Å². The van der Waals surface area contributed by atoms with Crippen LogP contribution in [-0.4, -0.2) is 18.2 Å². The van der Waals surface area contributed by atoms with Crippen molar-refractivity contribution in [3.05, 3.63) is 21.9 Å². The Labute approximate surface area is 102 Å². The number of aryl methyl sites for hydroxylation is 1. The number of hydrogen-bond acceptors (Lipinski definition) is 3. The summed E-state index contributed by atoms with van der Waals surface area (Å²) in [5.74, 6) is 0. The van der Waals surface area contributed by atoms with Crippen LogP contribution in [-0.2, 0) is 11.3 Å². The maximum atomic E-state index is 5.74. The molecule has 0 radical (unpaired) electrons. The van der Waals surface area contributed by atoms with Gasteiger partial charge in [-0.1, -0.05) is 0 Å². The van der Waals surface area contributed by atoms with Crippen LogP contribution in [0.4, 0.5) is 0 Å². The Hall–Kier alpha value is -0.380. The van der Waals surface area contributed by atoms with E-state index >= 15 is 0 Å². The van der Waals surface area contributed by atoms with Crippen LogP contribution in [0.25, 0.3) is 0 Å². The minimum absolute atomic E-state index is 0.393. The van der Waals surface area contributed by atoms with Gasteiger partial charge in [-0.15, -0.1) is 0 Å². The molecule has 0 bridgehead atoms. The van der Waals surface area contributed by atoms with E-state index in [1.807, 2.05) is 0 Å². The highest BCUT2D eigenvalue weighted by Gasteiger charge is 2.23. The van der Waals surface area contributed by atoms with Gasteiger partial charge < -0.3 is 10.1 Å². The van der Waals surface area contributed by atoms with Gasteiger partial charge in [0.2, 0.25) is 0 Å². The third-order valence-electron chi connectivity index (χ3n) is 3.24. The molecule has 90 valence electrons. The predicted octanol–water partition coefficient (Wildman–Crippen LogP) is 3.10. The summed E-state index contributed by atoms with van der Waals surface area (Å²) >= 11 is 1.79. The molecule has 0 amide bonds. The first-order chi connectivity index (χ1) is 7.65. The Morgan fingerprint density at radius 3 is 2.56 bits per heavy atom. The molecule has 0 aliphatic carbocycles. The predicted molar refractivity (Wildman–Crippen MR) is 68.9 cm³/mol. The molecule has 1 saturated heterocycles. The van der Waals surface area contributed by atoms with Gasteiger partial charge in [0.1, 0.15) is 0 Å². The van der Waals surface area contributed by atoms with E-state index in [0.29, 0.717) is 18.2 Å². The number of thiophene rings is 1. The lowest BCUT2D eigenvalue weighted by Crippen LogP contribution is -2.40. The van der Waals surface area contributed by atoms with Gasteiger partial charge in [0.05, 0.1) is 12.2 Å². The first-order valence-electron chi connectivity index (χ1n) is 6.05. The molecule has 1 aliphatic heterocycles. The monoisotopic (exact) mass is 239 g/mol. The van der Waals surface area contributed by atoms with Crippen LogP contribution in [0.3, 0.4) is 0 Å². The zero-order valence-corrected chi connectivity index (χ0v) is 11.1. The van der Waals surface area contributed by atoms with Crippen molar-refractivity contribution in [3.8, 4) is 0 Å². The minimum Gasteiger partial charge on any atom is -0.375 e. The van der Waals surface area contributed by atoms with Gasteiger partial charge in [0.15, 0.2) is 0 Å². The lowest BCUT2D eigenvalue weighted by Gasteiger charge is -2.32. The molecule has 2 atom stereocenters. The summed E-state index contributed by atoms with van der Waals surface area (Å²) in [6.07, 6.45) is 3.05. The lowest BCUT2D eigenvalue weighted by atomic mass is 9.99. The van der Waals surface area contributed by atoms with Gasteiger partial charge >= 0.3 is 0 Å². The number of rotatable bonds is 3. The van der Waals surface area contributed by atoms with E-state index in [2.05, 4.69) is 36.8 Å². The normalized spacial score (nSPS) is 30.6. The van der Waals surface area contributed by atoms with Crippen molar-refractivity contribution < 1.29 is 4.74 Å². The van der Waals surface area contributed by atoms with E-state index in [4.69, 9.17) is 4.74 Å². The van der Waals surface area contributed by atoms with Crippen LogP contribution in [0.1, 0.15) is 37.8 Å². The molecule has 16 heavy (non-hydrogen) atoms. The summed E-state index contributed by atoms with van der Waals surface area (Å²) in [6.45, 7) is 7.52. The Balaban J connectivity index is 1.84. The average Bonchev–Trinajstić information content (AvgIpc) is 2.59. The molecular weight excluding hydrogens is 218 g/mol. The molecule has 0 aromatic carbocycles. The average molecular weight is 239 g/mol. The second-order valence-corrected chi connectivity index (χ2v) is 5.63. The second kappa shape index (κ2) is 5.30. The molecule has 3 heteroatoms. The number of hydrogen-bond donors (Lipinski definition) is 1. The molecule has 2 heterocycles. The highest BCUT2D eigenvalue weighted by molar-refractivity contribution is 7.08. The van der Waals surface area contributed by atoms with Crippen LogP contribution in [0, 0.1) is 6.92 Å². The molecule has 1 fully saturated rings. The topological polar surface area (TPSA) is 21.3 Å². The van der Waals surface area contributed by atoms with Crippen molar-refractivity contribution in [3.63, 3.8) is 0 Å². The van der Waals surface area contributed by atoms with Crippen molar-refractivity contribution in [1.82, 2.24) is 5.32 Å². The fraction of sp³-hybridized carbons (Fsp3) is 0.692. The van der Waals surface area contributed by atoms with Gasteiger partial charge in [0, 0.05) is 12.6 Å². The molecule has 1 aliphatic rings. The SMILES string of the molecule is Cc1cscc1CNC1CC(C)OC(C)C1. The van der Waals surface area contributed by atoms with Crippen LogP contribution in [0.15, 0.2) is 10.8 Å². The smallest absolute Gasteiger partial charge is 0.0565 e. The quantitative estimate of drug-likeness (QED) is 0.875. The van der Waals surface area contributed by atoms with Crippen LogP contribution >= 0.6 is 11.3 Å². The molecule has 1 N–H and O–H groups in total. The highest BCUT2D eigenvalue weighted by Crippen LogP contribution is 2.20. The van der Waals surface area contributed by atoms with E-state index in [0.717, 1.165) is 19.4 Å². The first kappa shape index (κ1) is 12.1. The summed E-state index contributed by atoms with van der Waals surface area (Å²) in [6, 6.07) is 0.609. The molecule has 1 aromatic rings. The summed E-state index contributed by atoms with van der Waals surface area (Å²) < 4.78 is 5.74. The summed E-state index contributed by atoms with van der Waals surface area (Å²) in [5.41, 5.74) is 2.85. The third kappa shape index (κ3) is 3.06. The zero-order chi connectivity index (χ0) is 11.5. The van der Waals surface area contributed by atoms with Crippen molar-refractivity contribution in [2.45, 2.75) is 58.4 Å². The first-order valence-corrected chi connectivity index (χ1v) is 7.00. The Morgan fingerprint density at radius 1 is 1.31 bits per heavy atom. The molecule has 0 saturated carbocycles. The van der Waals surface area contributed by atoms with Crippen LogP contribution in [0.2, 0.25) is 0 Å². The maximum Gasteiger partial charge on any atom is 0.0565 e. The minimum atomic E-state index is 0.393. The highest BCUT2D eigenvalue weighted by atomic mass is 32.1. The van der Waals surface area contributed by atoms with Gasteiger partial charge in [-0.05, 0) is 55.5 Å². The molecule has 2 nitrogen and oxygen atoms in total. The molecule has 1 aromatic heterocycles. The fourth-order valence-electron chi connectivity index (χ4n) is 2.39. The van der Waals surface area contributed by atoms with Gasteiger partial charge in [0.25, 0.3) is 0 Å². The van der Waals surface area contributed by atoms with Gasteiger partial charge in [-0.3, -0.25) is 0 Å². The van der Waals surface area contributed by atoms with Crippen LogP contribution < -0.4 is 5.32 Å². The fourth-order valence-corrected chi connectivity index (χ4v) is 3.25. The van der Waals surface area contributed by atoms with Crippen molar-refractivity contribution in [2.75, 3.05) is 0 Å². The largest absolute Gasteiger partial charge is 0.375 e. The van der Waals surface area contributed by atoms with Crippen molar-refractivity contribution in [2.24, 2.45) is 0 Å². The van der Waals surface area contributed by atoms with Gasteiger partial charge in [-0.25, -0.2) is 0 Å². The van der Waals surface area contributed by atoms with Crippen LogP contribution in [0.5, 0.6) is 0 Å². The Morgan fingerprint density at radius 2 is 2.00 bits per heavy atom. The standard InChI is InChI=1S/C13H21NOS/c1-9-7-16-8-12(9)6-14-13-4-10(2)15-11(3)5-13/h7-8,10-11,13-14H,4-6H2,1-3H3. The molecule has 2 unspecified atom stereocenters. The van der Waals surface area contributed by atoms with E-state index in [1.54, 1.807) is 11.3 Å². The molecule has 2 rings (SSSR count).